The smallest absolute Gasteiger partial charge is 0.118 e. The normalized spacial score (nSPS) is 13.3. The van der Waals surface area contributed by atoms with E-state index >= 15 is 0 Å². The molecule has 0 aliphatic rings. The zero-order valence-corrected chi connectivity index (χ0v) is 10.4. The van der Waals surface area contributed by atoms with E-state index in [1.54, 1.807) is 7.11 Å². The number of allylic oxidation sites excluding steroid dienone is 3. The minimum atomic E-state index is 0.508. The quantitative estimate of drug-likeness (QED) is 0.666. The molecule has 0 spiro atoms. The van der Waals surface area contributed by atoms with Crippen LogP contribution in [0.2, 0.25) is 0 Å². The van der Waals surface area contributed by atoms with E-state index in [2.05, 4.69) is 38.6 Å². The molecule has 1 heteroatoms. The molecule has 1 nitrogen and oxygen atoms in total. The zero-order chi connectivity index (χ0) is 12.0. The molecule has 0 saturated heterocycles. The van der Waals surface area contributed by atoms with Crippen LogP contribution in [0.25, 0.3) is 5.57 Å². The van der Waals surface area contributed by atoms with Gasteiger partial charge >= 0.3 is 0 Å². The van der Waals surface area contributed by atoms with Gasteiger partial charge in [-0.15, -0.1) is 6.58 Å². The summed E-state index contributed by atoms with van der Waals surface area (Å²) in [6.07, 6.45) is 5.20. The number of benzene rings is 1. The van der Waals surface area contributed by atoms with Crippen LogP contribution in [0.5, 0.6) is 5.75 Å². The first-order chi connectivity index (χ1) is 7.71. The average Bonchev–Trinajstić information content (AvgIpc) is 2.35. The fourth-order valence-electron chi connectivity index (χ4n) is 1.64. The molecule has 1 rings (SSSR count). The first-order valence-electron chi connectivity index (χ1n) is 5.63. The molecule has 0 aromatic heterocycles. The molecule has 0 heterocycles. The predicted molar refractivity (Wildman–Crippen MR) is 70.6 cm³/mol. The molecule has 1 aromatic rings. The summed E-state index contributed by atoms with van der Waals surface area (Å²) in [6, 6.07) is 8.20. The maximum absolute atomic E-state index is 5.15. The van der Waals surface area contributed by atoms with E-state index in [-0.39, 0.29) is 0 Å². The summed E-state index contributed by atoms with van der Waals surface area (Å²) < 4.78 is 5.15. The Kier molecular flexibility index (Phi) is 4.84. The highest BCUT2D eigenvalue weighted by molar-refractivity contribution is 5.66. The highest BCUT2D eigenvalue weighted by atomic mass is 16.5. The Morgan fingerprint density at radius 2 is 2.00 bits per heavy atom. The van der Waals surface area contributed by atoms with Gasteiger partial charge in [0.1, 0.15) is 5.75 Å². The van der Waals surface area contributed by atoms with Gasteiger partial charge in [-0.1, -0.05) is 31.2 Å². The van der Waals surface area contributed by atoms with Crippen molar-refractivity contribution in [2.75, 3.05) is 7.11 Å². The zero-order valence-electron chi connectivity index (χ0n) is 10.4. The fraction of sp³-hybridized carbons (Fsp3) is 0.333. The van der Waals surface area contributed by atoms with Crippen molar-refractivity contribution < 1.29 is 4.74 Å². The highest BCUT2D eigenvalue weighted by Crippen LogP contribution is 2.24. The van der Waals surface area contributed by atoms with Crippen LogP contribution in [0.4, 0.5) is 0 Å². The van der Waals surface area contributed by atoms with Crippen LogP contribution >= 0.6 is 0 Å². The van der Waals surface area contributed by atoms with E-state index < -0.39 is 0 Å². The van der Waals surface area contributed by atoms with Crippen molar-refractivity contribution in [2.24, 2.45) is 5.92 Å². The van der Waals surface area contributed by atoms with Crippen molar-refractivity contribution in [3.8, 4) is 5.75 Å². The van der Waals surface area contributed by atoms with E-state index in [1.807, 2.05) is 18.2 Å². The summed E-state index contributed by atoms with van der Waals surface area (Å²) in [5.41, 5.74) is 2.62. The number of methoxy groups -OCH3 is 1. The third-order valence-electron chi connectivity index (χ3n) is 2.75. The molecular weight excluding hydrogens is 196 g/mol. The molecule has 0 fully saturated rings. The minimum absolute atomic E-state index is 0.508. The Bertz CT molecular complexity index is 360. The van der Waals surface area contributed by atoms with Gasteiger partial charge in [-0.25, -0.2) is 0 Å². The summed E-state index contributed by atoms with van der Waals surface area (Å²) in [7, 11) is 1.69. The lowest BCUT2D eigenvalue weighted by atomic mass is 9.95. The molecule has 0 bridgehead atoms. The van der Waals surface area contributed by atoms with Crippen LogP contribution in [0.15, 0.2) is 43.0 Å². The van der Waals surface area contributed by atoms with Crippen molar-refractivity contribution in [1.29, 1.82) is 0 Å². The van der Waals surface area contributed by atoms with Gasteiger partial charge in [0.05, 0.1) is 7.11 Å². The molecule has 0 aliphatic heterocycles. The fourth-order valence-corrected chi connectivity index (χ4v) is 1.64. The van der Waals surface area contributed by atoms with Gasteiger partial charge in [0, 0.05) is 0 Å². The summed E-state index contributed by atoms with van der Waals surface area (Å²) in [5.74, 6) is 1.41. The van der Waals surface area contributed by atoms with Crippen LogP contribution in [0, 0.1) is 5.92 Å². The molecule has 0 aliphatic carbocycles. The topological polar surface area (TPSA) is 9.23 Å². The Hall–Kier alpha value is -1.50. The maximum atomic E-state index is 5.15. The van der Waals surface area contributed by atoms with Crippen molar-refractivity contribution in [3.63, 3.8) is 0 Å². The van der Waals surface area contributed by atoms with E-state index in [0.717, 1.165) is 12.2 Å². The van der Waals surface area contributed by atoms with E-state index in [9.17, 15) is 0 Å². The predicted octanol–water partition coefficient (Wildman–Crippen LogP) is 4.31. The Labute approximate surface area is 98.5 Å². The van der Waals surface area contributed by atoms with Crippen LogP contribution in [-0.2, 0) is 0 Å². The largest absolute Gasteiger partial charge is 0.497 e. The monoisotopic (exact) mass is 216 g/mol. The first kappa shape index (κ1) is 12.6. The van der Waals surface area contributed by atoms with Crippen LogP contribution in [-0.4, -0.2) is 7.11 Å². The SMILES string of the molecule is C=CC(C)C/C(=C\C)c1ccc(OC)cc1. The van der Waals surface area contributed by atoms with Crippen LogP contribution in [0.1, 0.15) is 25.8 Å². The van der Waals surface area contributed by atoms with Gasteiger partial charge in [0.2, 0.25) is 0 Å². The van der Waals surface area contributed by atoms with Crippen LogP contribution < -0.4 is 4.74 Å². The molecule has 1 unspecified atom stereocenters. The summed E-state index contributed by atoms with van der Waals surface area (Å²) in [6.45, 7) is 8.08. The molecule has 0 amide bonds. The number of ether oxygens (including phenoxy) is 1. The Morgan fingerprint density at radius 3 is 2.44 bits per heavy atom. The summed E-state index contributed by atoms with van der Waals surface area (Å²) in [4.78, 5) is 0. The number of hydrogen-bond donors (Lipinski definition) is 0. The third-order valence-corrected chi connectivity index (χ3v) is 2.75. The molecular formula is C15H20O. The van der Waals surface area contributed by atoms with Gasteiger partial charge in [-0.3, -0.25) is 0 Å². The lowest BCUT2D eigenvalue weighted by molar-refractivity contribution is 0.415. The van der Waals surface area contributed by atoms with Crippen molar-refractivity contribution in [2.45, 2.75) is 20.3 Å². The number of hydrogen-bond acceptors (Lipinski definition) is 1. The average molecular weight is 216 g/mol. The van der Waals surface area contributed by atoms with E-state index in [4.69, 9.17) is 4.74 Å². The Morgan fingerprint density at radius 1 is 1.38 bits per heavy atom. The maximum Gasteiger partial charge on any atom is 0.118 e. The molecule has 1 atom stereocenters. The van der Waals surface area contributed by atoms with Crippen molar-refractivity contribution >= 4 is 5.57 Å². The van der Waals surface area contributed by atoms with Crippen molar-refractivity contribution in [1.82, 2.24) is 0 Å². The van der Waals surface area contributed by atoms with Gasteiger partial charge in [-0.05, 0) is 42.5 Å². The van der Waals surface area contributed by atoms with E-state index in [1.165, 1.54) is 11.1 Å². The van der Waals surface area contributed by atoms with Gasteiger partial charge < -0.3 is 4.74 Å². The van der Waals surface area contributed by atoms with Gasteiger partial charge in [0.25, 0.3) is 0 Å². The second-order valence-corrected chi connectivity index (χ2v) is 3.96. The van der Waals surface area contributed by atoms with E-state index in [0.29, 0.717) is 5.92 Å². The lowest BCUT2D eigenvalue weighted by Crippen LogP contribution is -1.93. The minimum Gasteiger partial charge on any atom is -0.497 e. The number of rotatable bonds is 5. The standard InChI is InChI=1S/C15H20O/c1-5-12(3)11-13(6-2)14-7-9-15(16-4)10-8-14/h5-10,12H,1,11H2,2-4H3/b13-6+. The molecule has 0 N–H and O–H groups in total. The molecule has 0 saturated carbocycles. The molecule has 0 radical (unpaired) electrons. The van der Waals surface area contributed by atoms with Crippen LogP contribution in [0.3, 0.4) is 0 Å². The Balaban J connectivity index is 2.83. The van der Waals surface area contributed by atoms with Gasteiger partial charge in [0.15, 0.2) is 0 Å². The molecule has 86 valence electrons. The highest BCUT2D eigenvalue weighted by Gasteiger charge is 2.04. The second kappa shape index (κ2) is 6.16. The molecule has 16 heavy (non-hydrogen) atoms. The third kappa shape index (κ3) is 3.27. The van der Waals surface area contributed by atoms with Crippen molar-refractivity contribution in [3.05, 3.63) is 48.6 Å². The van der Waals surface area contributed by atoms with Gasteiger partial charge in [-0.2, -0.15) is 0 Å². The lowest BCUT2D eigenvalue weighted by Gasteiger charge is -2.11. The molecule has 1 aromatic carbocycles. The first-order valence-corrected chi connectivity index (χ1v) is 5.63. The summed E-state index contributed by atoms with van der Waals surface area (Å²) >= 11 is 0. The summed E-state index contributed by atoms with van der Waals surface area (Å²) in [5, 5.41) is 0. The second-order valence-electron chi connectivity index (χ2n) is 3.96.